The Hall–Kier alpha value is -12.1. The highest BCUT2D eigenvalue weighted by Gasteiger charge is 2.29. The minimum Gasteiger partial charge on any atom is -0.447 e. The number of H-pyrrole nitrogens is 6. The van der Waals surface area contributed by atoms with E-state index in [2.05, 4.69) is 28.4 Å². The van der Waals surface area contributed by atoms with Gasteiger partial charge in [0, 0.05) is 199 Å². The van der Waals surface area contributed by atoms with Gasteiger partial charge in [0.15, 0.2) is 16.9 Å². The quantitative estimate of drug-likeness (QED) is 0.0186. The zero-order valence-corrected chi connectivity index (χ0v) is 68.3. The van der Waals surface area contributed by atoms with Crippen LogP contribution in [0.2, 0.25) is 16.9 Å². The van der Waals surface area contributed by atoms with Crippen LogP contribution in [-0.4, -0.2) is 295 Å². The van der Waals surface area contributed by atoms with E-state index < -0.39 is 257 Å². The molecule has 12 heterocycles. The number of cyclic esters (lactones) is 6. The number of hydrogen-bond donors (Lipinski definition) is 12. The summed E-state index contributed by atoms with van der Waals surface area (Å²) < 4.78 is 508. The summed E-state index contributed by atoms with van der Waals surface area (Å²) in [6.45, 7) is -30.5. The maximum absolute atomic E-state index is 11.6. The fraction of sp³-hybridized carbons (Fsp3) is 0.438. The zero-order chi connectivity index (χ0) is 141. The minimum atomic E-state index is -3.30. The first-order valence-electron chi connectivity index (χ1n) is 67.5. The Labute approximate surface area is 821 Å². The lowest BCUT2D eigenvalue weighted by Gasteiger charge is -2.09. The van der Waals surface area contributed by atoms with Crippen molar-refractivity contribution in [3.8, 4) is 0 Å². The van der Waals surface area contributed by atoms with Crippen molar-refractivity contribution in [2.24, 2.45) is 0 Å². The number of nitrogens with zero attached hydrogens (tertiary/aromatic N) is 6. The van der Waals surface area contributed by atoms with Gasteiger partial charge < -0.3 is 120 Å². The molecule has 6 saturated heterocycles. The number of rotatable bonds is 30. The summed E-state index contributed by atoms with van der Waals surface area (Å²) in [6.07, 6.45) is -22.5. The molecule has 18 rings (SSSR count). The largest absolute Gasteiger partial charge is 0.447 e. The fourth-order valence-corrected chi connectivity index (χ4v) is 12.3. The minimum absolute atomic E-state index is 0.00125. The van der Waals surface area contributed by atoms with Gasteiger partial charge >= 0.3 is 36.6 Å². The van der Waals surface area contributed by atoms with Gasteiger partial charge in [-0.25, -0.2) is 28.8 Å². The second kappa shape index (κ2) is 43.7. The van der Waals surface area contributed by atoms with E-state index in [4.69, 9.17) is 82.7 Å². The van der Waals surface area contributed by atoms with Crippen molar-refractivity contribution in [3.63, 3.8) is 0 Å². The van der Waals surface area contributed by atoms with Crippen molar-refractivity contribution < 1.29 is 140 Å². The maximum atomic E-state index is 11.6. The SMILES string of the molecule is [2H]N1C(=O)OC[C@]1([2H])C([2H])([2H])c1ccc2c(c1)c(C([2H])([2H])CN(C([2H])([2H])[2H])C([2H])([2H])[2H])cn2[2H].[2H]N1C(=O)OC[C@]1([2H])C([2H])([2H])c1ccc2c(c1)c(C([2H])([2H])CN(C)C([2H])([2H])[2H])cn2[2H].[2H]N1C(=O)OC[C@]1([2H])C([2H])([2H])c1ccc2c(c1)c(C([2H])([2H])CN(C)C)cn2[2H].[2H]N1C(=O)OC[C@]1([2H])C([2H])([2H])c1ccc2c(c1)c(CC([2H])([2H])N(C([2H])([2H])[2H])C([2H])([2H])[2H])cn2[2H].[2H]N1C(=O)OC[C@]1([2H])C([2H])([2H])c1ccc2c(c1)c(CC([2H])([2H])N(C)C([2H])([2H])[2H])cn2[2H].[2H]N1C(=O)OC[C@]1([2H])C([2H])([2H])c1ccc2c(c1)c(CC([2H])([2H])N(C)C)cn2[2H]. The molecule has 6 atom stereocenters. The van der Waals surface area contributed by atoms with Gasteiger partial charge in [0.25, 0.3) is 0 Å². The Morgan fingerprint density at radius 2 is 0.508 bits per heavy atom. The van der Waals surface area contributed by atoms with Crippen LogP contribution in [-0.2, 0) is 105 Å². The molecule has 6 aliphatic heterocycles. The molecule has 126 heavy (non-hydrogen) atoms. The Kier molecular flexibility index (Phi) is 14.6. The number of carbonyl (C=O) groups excluding carboxylic acids is 6. The highest BCUT2D eigenvalue weighted by Crippen LogP contribution is 2.29. The average molecular weight is 1780 g/mol. The molecule has 0 bridgehead atoms. The number of fused-ring (bicyclic) bond motifs is 6. The standard InChI is InChI=1S/6C16H21N3O2/c6*1-19(2)6-5-12-9-17-15-4-3-11(8-14(12)15)7-13-10-21-16(20)18-13/h6*3-4,8-9,13,17H,5-7,10H2,1-2H3,(H,18,20)/t6*13-/m000000/s1/i1D3,2D3,6D2,7D2,13D;1D3,2D3,5D2,7D2,13D;1D3,6D2,7D2,13D;1D3,5D2,7D2,13D;6D2,7D2,13D;5D2,7D2,13D/hD12. The summed E-state index contributed by atoms with van der Waals surface area (Å²) in [6, 6.07) is 9.83. The van der Waals surface area contributed by atoms with Crippen LogP contribution in [0.25, 0.3) is 65.4 Å². The van der Waals surface area contributed by atoms with Crippen LogP contribution in [0.3, 0.4) is 0 Å². The van der Waals surface area contributed by atoms with Gasteiger partial charge in [0.2, 0.25) is 0 Å². The van der Waals surface area contributed by atoms with Gasteiger partial charge in [-0.2, -0.15) is 0 Å². The molecular weight excluding hydrogens is 1600 g/mol. The Morgan fingerprint density at radius 1 is 0.294 bits per heavy atom. The number of amides is 6. The van der Waals surface area contributed by atoms with E-state index in [1.54, 1.807) is 33.1 Å². The fourth-order valence-electron chi connectivity index (χ4n) is 12.3. The van der Waals surface area contributed by atoms with Crippen molar-refractivity contribution in [2.45, 2.75) is 113 Å². The lowest BCUT2D eigenvalue weighted by atomic mass is 10.0. The molecule has 6 amide bonds. The molecule has 6 aliphatic rings. The average Bonchev–Trinajstić information content (AvgIpc) is 1.59. The van der Waals surface area contributed by atoms with Gasteiger partial charge in [-0.3, -0.25) is 0 Å². The number of hydrogen-bond acceptors (Lipinski definition) is 18. The summed E-state index contributed by atoms with van der Waals surface area (Å²) in [5, 5.41) is 2.14. The number of carbonyl (C=O) groups is 6. The van der Waals surface area contributed by atoms with Crippen molar-refractivity contribution in [3.05, 3.63) is 213 Å². The van der Waals surface area contributed by atoms with Crippen molar-refractivity contribution in [1.29, 1.82) is 0 Å². The van der Waals surface area contributed by atoms with Crippen molar-refractivity contribution >= 4 is 102 Å². The summed E-state index contributed by atoms with van der Waals surface area (Å²) >= 11 is 0. The molecular formula is C96H126N18O12. The van der Waals surface area contributed by atoms with E-state index in [0.29, 0.717) is 43.2 Å². The van der Waals surface area contributed by atoms with Gasteiger partial charge in [0.05, 0.1) is 44.3 Å². The summed E-state index contributed by atoms with van der Waals surface area (Å²) in [5.41, 5.74) is 1.90. The third-order valence-electron chi connectivity index (χ3n) is 18.1. The van der Waals surface area contributed by atoms with Gasteiger partial charge in [0.1, 0.15) is 39.6 Å². The monoisotopic (exact) mass is 1780 g/mol. The number of ether oxygens (including phenoxy) is 6. The molecule has 0 saturated carbocycles. The lowest BCUT2D eigenvalue weighted by Crippen LogP contribution is -2.28. The van der Waals surface area contributed by atoms with Crippen molar-refractivity contribution in [1.82, 2.24) is 91.1 Å². The van der Waals surface area contributed by atoms with Crippen LogP contribution in [0.4, 0.5) is 28.8 Å². The molecule has 30 heteroatoms. The van der Waals surface area contributed by atoms with E-state index in [1.807, 2.05) is 0 Å². The first kappa shape index (κ1) is 42.0. The third kappa shape index (κ3) is 26.5. The van der Waals surface area contributed by atoms with E-state index in [-0.39, 0.29) is 149 Å². The molecule has 6 aromatic heterocycles. The van der Waals surface area contributed by atoms with Crippen LogP contribution in [0.15, 0.2) is 146 Å². The van der Waals surface area contributed by atoms with E-state index >= 15 is 0 Å². The molecule has 12 N–H and O–H groups in total. The first-order valence-corrected chi connectivity index (χ1v) is 38.1. The topological polar surface area (TPSA) is 344 Å². The maximum Gasteiger partial charge on any atom is 0.407 e. The van der Waals surface area contributed by atoms with Gasteiger partial charge in [-0.15, -0.1) is 0 Å². The number of aryl methyl sites for hydroxylation is 3. The highest BCUT2D eigenvalue weighted by atomic mass is 16.6. The molecule has 672 valence electrons. The number of aromatic nitrogens is 6. The second-order valence-electron chi connectivity index (χ2n) is 28.2. The predicted octanol–water partition coefficient (Wildman–Crippen LogP) is 11.5. The number of aromatic amines is 6. The molecule has 12 aromatic rings. The highest BCUT2D eigenvalue weighted by molar-refractivity contribution is 5.88. The summed E-state index contributed by atoms with van der Waals surface area (Å²) in [7, 11) is 9.04. The van der Waals surface area contributed by atoms with E-state index in [0.717, 1.165) is 60.3 Å². The van der Waals surface area contributed by atoms with Gasteiger partial charge in [-0.1, -0.05) is 36.4 Å². The van der Waals surface area contributed by atoms with E-state index in [9.17, 15) is 28.8 Å². The van der Waals surface area contributed by atoms with Crippen molar-refractivity contribution in [2.75, 3.05) is 163 Å². The summed E-state index contributed by atoms with van der Waals surface area (Å²) in [4.78, 5) is 79.3. The zero-order valence-electron chi connectivity index (χ0n) is 128. The van der Waals surface area contributed by atoms with E-state index in [1.165, 1.54) is 140 Å². The Bertz CT molecular complexity index is 8610. The van der Waals surface area contributed by atoms with Crippen LogP contribution >= 0.6 is 0 Å². The summed E-state index contributed by atoms with van der Waals surface area (Å²) in [5.74, 6) is 0. The third-order valence-corrected chi connectivity index (χ3v) is 18.1. The first-order chi connectivity index (χ1) is 84.1. The van der Waals surface area contributed by atoms with Gasteiger partial charge in [-0.05, 0) is 300 Å². The Morgan fingerprint density at radius 3 is 0.730 bits per heavy atom. The molecule has 0 radical (unpaired) electrons. The lowest BCUT2D eigenvalue weighted by molar-refractivity contribution is 0.176. The smallest absolute Gasteiger partial charge is 0.407 e. The normalized spacial score (nSPS) is 31.1. The Balaban J connectivity index is 0.000000181. The number of alkyl carbamates (subject to hydrolysis) is 6. The molecule has 30 nitrogen and oxygen atoms in total. The predicted molar refractivity (Wildman–Crippen MR) is 495 cm³/mol. The number of nitrogens with one attached hydrogen (secondary N) is 12. The van der Waals surface area contributed by atoms with Crippen LogP contribution in [0.1, 0.15) is 133 Å². The molecule has 6 aromatic carbocycles. The number of likely N-dealkylation sites (N-methyl/N-ethyl adjacent to an activating group) is 6. The molecule has 0 unspecified atom stereocenters. The van der Waals surface area contributed by atoms with Crippen LogP contribution < -0.4 is 31.9 Å². The molecule has 6 fully saturated rings. The molecule has 0 aliphatic carbocycles. The van der Waals surface area contributed by atoms with Crippen LogP contribution in [0, 0.1) is 0 Å². The molecule has 0 spiro atoms. The number of benzene rings is 6. The van der Waals surface area contributed by atoms with Crippen LogP contribution in [0.5, 0.6) is 0 Å². The second-order valence-corrected chi connectivity index (χ2v) is 28.2.